The first-order valence-corrected chi connectivity index (χ1v) is 6.26. The summed E-state index contributed by atoms with van der Waals surface area (Å²) in [5.41, 5.74) is 0. The van der Waals surface area contributed by atoms with Crippen molar-refractivity contribution in [2.75, 3.05) is 6.61 Å². The molecule has 0 unspecified atom stereocenters. The predicted molar refractivity (Wildman–Crippen MR) is 65.7 cm³/mol. The highest BCUT2D eigenvalue weighted by Gasteiger charge is 2.09. The van der Waals surface area contributed by atoms with E-state index in [0.717, 1.165) is 25.3 Å². The minimum absolute atomic E-state index is 0.651. The molecule has 0 bridgehead atoms. The maximum absolute atomic E-state index is 5.98. The Hall–Kier alpha value is -0.250. The SMILES string of the molecule is CCOc1cc(Cl)cc2scc(Br)c12. The lowest BCUT2D eigenvalue weighted by molar-refractivity contribution is 0.344. The van der Waals surface area contributed by atoms with Crippen molar-refractivity contribution in [3.8, 4) is 5.75 Å². The monoisotopic (exact) mass is 290 g/mol. The summed E-state index contributed by atoms with van der Waals surface area (Å²) < 4.78 is 7.74. The molecule has 4 heteroatoms. The van der Waals surface area contributed by atoms with Gasteiger partial charge >= 0.3 is 0 Å². The number of halogens is 2. The molecule has 1 nitrogen and oxygen atoms in total. The molecule has 0 atom stereocenters. The molecule has 0 aliphatic heterocycles. The number of rotatable bonds is 2. The summed E-state index contributed by atoms with van der Waals surface area (Å²) in [6.07, 6.45) is 0. The van der Waals surface area contributed by atoms with E-state index >= 15 is 0 Å². The van der Waals surface area contributed by atoms with Gasteiger partial charge in [0.25, 0.3) is 0 Å². The van der Waals surface area contributed by atoms with Gasteiger partial charge < -0.3 is 4.74 Å². The van der Waals surface area contributed by atoms with Gasteiger partial charge in [-0.15, -0.1) is 11.3 Å². The second-order valence-electron chi connectivity index (χ2n) is 2.79. The van der Waals surface area contributed by atoms with E-state index in [1.807, 2.05) is 24.4 Å². The summed E-state index contributed by atoms with van der Waals surface area (Å²) in [4.78, 5) is 0. The average molecular weight is 292 g/mol. The van der Waals surface area contributed by atoms with Crippen molar-refractivity contribution in [2.24, 2.45) is 0 Å². The lowest BCUT2D eigenvalue weighted by Gasteiger charge is -2.05. The minimum Gasteiger partial charge on any atom is -0.493 e. The summed E-state index contributed by atoms with van der Waals surface area (Å²) in [7, 11) is 0. The standard InChI is InChI=1S/C10H8BrClOS/c1-2-13-8-3-6(12)4-9-10(8)7(11)5-14-9/h3-5H,2H2,1H3. The molecule has 0 radical (unpaired) electrons. The van der Waals surface area contributed by atoms with E-state index in [1.165, 1.54) is 0 Å². The van der Waals surface area contributed by atoms with Crippen LogP contribution in [0, 0.1) is 0 Å². The molecule has 14 heavy (non-hydrogen) atoms. The van der Waals surface area contributed by atoms with Crippen molar-refractivity contribution in [3.05, 3.63) is 27.0 Å². The van der Waals surface area contributed by atoms with Gasteiger partial charge in [0, 0.05) is 25.0 Å². The van der Waals surface area contributed by atoms with E-state index in [4.69, 9.17) is 16.3 Å². The quantitative estimate of drug-likeness (QED) is 0.778. The third kappa shape index (κ3) is 1.76. The van der Waals surface area contributed by atoms with Crippen LogP contribution >= 0.6 is 38.9 Å². The fourth-order valence-electron chi connectivity index (χ4n) is 1.33. The molecule has 2 aromatic rings. The second-order valence-corrected chi connectivity index (χ2v) is 5.00. The zero-order chi connectivity index (χ0) is 10.1. The Bertz CT molecular complexity index is 466. The van der Waals surface area contributed by atoms with Crippen molar-refractivity contribution in [1.29, 1.82) is 0 Å². The Morgan fingerprint density at radius 1 is 1.50 bits per heavy atom. The molecule has 0 N–H and O–H groups in total. The maximum Gasteiger partial charge on any atom is 0.130 e. The third-order valence-electron chi connectivity index (χ3n) is 1.86. The first kappa shape index (κ1) is 10.3. The van der Waals surface area contributed by atoms with Crippen LogP contribution in [0.3, 0.4) is 0 Å². The zero-order valence-corrected chi connectivity index (χ0v) is 10.7. The predicted octanol–water partition coefficient (Wildman–Crippen LogP) is 4.72. The third-order valence-corrected chi connectivity index (χ3v) is 3.93. The van der Waals surface area contributed by atoms with Gasteiger partial charge in [-0.3, -0.25) is 0 Å². The molecule has 0 aliphatic carbocycles. The van der Waals surface area contributed by atoms with Crippen molar-refractivity contribution < 1.29 is 4.74 Å². The Labute approximate surface area is 99.8 Å². The van der Waals surface area contributed by atoms with Gasteiger partial charge in [0.05, 0.1) is 6.61 Å². The van der Waals surface area contributed by atoms with Crippen LogP contribution < -0.4 is 4.74 Å². The first-order chi connectivity index (χ1) is 6.72. The van der Waals surface area contributed by atoms with E-state index in [-0.39, 0.29) is 0 Å². The van der Waals surface area contributed by atoms with Gasteiger partial charge in [0.2, 0.25) is 0 Å². The highest BCUT2D eigenvalue weighted by atomic mass is 79.9. The van der Waals surface area contributed by atoms with Gasteiger partial charge in [0.1, 0.15) is 5.75 Å². The highest BCUT2D eigenvalue weighted by molar-refractivity contribution is 9.10. The molecule has 1 aromatic heterocycles. The van der Waals surface area contributed by atoms with Crippen LogP contribution in [0.2, 0.25) is 5.02 Å². The topological polar surface area (TPSA) is 9.23 Å². The highest BCUT2D eigenvalue weighted by Crippen LogP contribution is 2.39. The van der Waals surface area contributed by atoms with Crippen molar-refractivity contribution in [3.63, 3.8) is 0 Å². The van der Waals surface area contributed by atoms with Crippen LogP contribution in [0.1, 0.15) is 6.92 Å². The molecule has 0 fully saturated rings. The van der Waals surface area contributed by atoms with Crippen LogP contribution in [-0.4, -0.2) is 6.61 Å². The van der Waals surface area contributed by atoms with Crippen molar-refractivity contribution >= 4 is 49.0 Å². The number of benzene rings is 1. The number of hydrogen-bond acceptors (Lipinski definition) is 2. The van der Waals surface area contributed by atoms with E-state index < -0.39 is 0 Å². The normalized spacial score (nSPS) is 10.8. The van der Waals surface area contributed by atoms with Gasteiger partial charge in [-0.1, -0.05) is 11.6 Å². The largest absolute Gasteiger partial charge is 0.493 e. The van der Waals surface area contributed by atoms with E-state index in [0.29, 0.717) is 6.61 Å². The van der Waals surface area contributed by atoms with Crippen LogP contribution in [0.5, 0.6) is 5.75 Å². The van der Waals surface area contributed by atoms with Crippen molar-refractivity contribution in [2.45, 2.75) is 6.92 Å². The van der Waals surface area contributed by atoms with Crippen LogP contribution in [0.25, 0.3) is 10.1 Å². The Morgan fingerprint density at radius 3 is 3.00 bits per heavy atom. The number of thiophene rings is 1. The van der Waals surface area contributed by atoms with Crippen LogP contribution in [0.4, 0.5) is 0 Å². The molecule has 1 aromatic carbocycles. The molecule has 0 saturated carbocycles. The van der Waals surface area contributed by atoms with Crippen LogP contribution in [0.15, 0.2) is 22.0 Å². The Morgan fingerprint density at radius 2 is 2.29 bits per heavy atom. The Balaban J connectivity index is 2.70. The number of ether oxygens (including phenoxy) is 1. The van der Waals surface area contributed by atoms with Gasteiger partial charge in [-0.25, -0.2) is 0 Å². The maximum atomic E-state index is 5.98. The minimum atomic E-state index is 0.651. The lowest BCUT2D eigenvalue weighted by atomic mass is 10.2. The van der Waals surface area contributed by atoms with Gasteiger partial charge in [-0.2, -0.15) is 0 Å². The van der Waals surface area contributed by atoms with Crippen molar-refractivity contribution in [1.82, 2.24) is 0 Å². The van der Waals surface area contributed by atoms with Crippen LogP contribution in [-0.2, 0) is 0 Å². The first-order valence-electron chi connectivity index (χ1n) is 4.21. The summed E-state index contributed by atoms with van der Waals surface area (Å²) in [5, 5.41) is 3.88. The van der Waals surface area contributed by atoms with E-state index in [1.54, 1.807) is 11.3 Å². The lowest BCUT2D eigenvalue weighted by Crippen LogP contribution is -1.91. The Kier molecular flexibility index (Phi) is 3.00. The molecule has 0 amide bonds. The molecular weight excluding hydrogens is 284 g/mol. The van der Waals surface area contributed by atoms with E-state index in [2.05, 4.69) is 15.9 Å². The molecule has 74 valence electrons. The molecule has 0 spiro atoms. The van der Waals surface area contributed by atoms with Gasteiger partial charge in [-0.05, 0) is 35.0 Å². The number of fused-ring (bicyclic) bond motifs is 1. The summed E-state index contributed by atoms with van der Waals surface area (Å²) in [6, 6.07) is 3.81. The second kappa shape index (κ2) is 4.09. The molecule has 0 aliphatic rings. The molecule has 0 saturated heterocycles. The molecule has 2 rings (SSSR count). The molecule has 1 heterocycles. The van der Waals surface area contributed by atoms with Gasteiger partial charge in [0.15, 0.2) is 0 Å². The fraction of sp³-hybridized carbons (Fsp3) is 0.200. The van der Waals surface area contributed by atoms with E-state index in [9.17, 15) is 0 Å². The zero-order valence-electron chi connectivity index (χ0n) is 7.51. The smallest absolute Gasteiger partial charge is 0.130 e. The average Bonchev–Trinajstić information content (AvgIpc) is 2.48. The number of hydrogen-bond donors (Lipinski definition) is 0. The summed E-state index contributed by atoms with van der Waals surface area (Å²) in [5.74, 6) is 0.850. The summed E-state index contributed by atoms with van der Waals surface area (Å²) in [6.45, 7) is 2.62. The fourth-order valence-corrected chi connectivity index (χ4v) is 3.29. The molecular formula is C10H8BrClOS. The summed E-state index contributed by atoms with van der Waals surface area (Å²) >= 11 is 11.1.